The molecule has 0 fully saturated rings. The van der Waals surface area contributed by atoms with Crippen LogP contribution in [-0.4, -0.2) is 0 Å². The smallest absolute Gasteiger partial charge is 0.123 e. The third-order valence-electron chi connectivity index (χ3n) is 11.7. The van der Waals surface area contributed by atoms with Crippen molar-refractivity contribution in [3.63, 3.8) is 0 Å². The highest BCUT2D eigenvalue weighted by Crippen LogP contribution is 2.65. The molecule has 1 heterocycles. The minimum Gasteiger partial charge on any atom is -0.310 e. The Labute approximate surface area is 323 Å². The number of allylic oxidation sites excluding steroid dienone is 1. The van der Waals surface area contributed by atoms with Crippen molar-refractivity contribution in [3.05, 3.63) is 222 Å². The van der Waals surface area contributed by atoms with Crippen LogP contribution in [0.15, 0.2) is 189 Å². The fourth-order valence-corrected chi connectivity index (χ4v) is 10.8. The van der Waals surface area contributed by atoms with E-state index >= 15 is 0 Å². The number of anilines is 3. The number of benzene rings is 8. The molecule has 3 heteroatoms. The predicted octanol–water partition coefficient (Wildman–Crippen LogP) is 14.4. The SMILES string of the molecule is C=CCc1ccc(N(c2ccc(F)cc2)c2ccc3c(c2)C2(c4ccccc4-3)c3ccccc3-c3c2ccc2c3sc3c(-c4ccccc4)cccc32)cc1. The van der Waals surface area contributed by atoms with Gasteiger partial charge in [-0.3, -0.25) is 0 Å². The highest BCUT2D eigenvalue weighted by atomic mass is 32.1. The van der Waals surface area contributed by atoms with Gasteiger partial charge in [0.05, 0.1) is 5.41 Å². The summed E-state index contributed by atoms with van der Waals surface area (Å²) in [6.45, 7) is 3.93. The van der Waals surface area contributed by atoms with E-state index in [1.807, 2.05) is 29.5 Å². The number of rotatable bonds is 6. The van der Waals surface area contributed by atoms with Gasteiger partial charge in [0.1, 0.15) is 5.82 Å². The quantitative estimate of drug-likeness (QED) is 0.154. The van der Waals surface area contributed by atoms with Crippen LogP contribution in [0, 0.1) is 5.82 Å². The fourth-order valence-electron chi connectivity index (χ4n) is 9.43. The van der Waals surface area contributed by atoms with Gasteiger partial charge < -0.3 is 4.90 Å². The van der Waals surface area contributed by atoms with E-state index in [1.165, 1.54) is 81.4 Å². The molecule has 1 aromatic heterocycles. The molecule has 0 saturated carbocycles. The van der Waals surface area contributed by atoms with Gasteiger partial charge in [-0.15, -0.1) is 17.9 Å². The topological polar surface area (TPSA) is 3.24 Å². The van der Waals surface area contributed by atoms with Crippen LogP contribution in [0.1, 0.15) is 27.8 Å². The van der Waals surface area contributed by atoms with E-state index in [-0.39, 0.29) is 5.82 Å². The lowest BCUT2D eigenvalue weighted by molar-refractivity contribution is 0.628. The zero-order valence-corrected chi connectivity index (χ0v) is 30.8. The Balaban J connectivity index is 1.19. The van der Waals surface area contributed by atoms with E-state index in [0.717, 1.165) is 23.5 Å². The number of hydrogen-bond donors (Lipinski definition) is 0. The van der Waals surface area contributed by atoms with E-state index in [1.54, 1.807) is 12.1 Å². The summed E-state index contributed by atoms with van der Waals surface area (Å²) in [6, 6.07) is 62.6. The molecule has 1 nitrogen and oxygen atoms in total. The molecule has 0 N–H and O–H groups in total. The van der Waals surface area contributed by atoms with Gasteiger partial charge in [-0.25, -0.2) is 4.39 Å². The zero-order chi connectivity index (χ0) is 36.7. The van der Waals surface area contributed by atoms with Crippen molar-refractivity contribution >= 4 is 48.6 Å². The Bertz CT molecular complexity index is 2980. The first-order valence-electron chi connectivity index (χ1n) is 18.8. The summed E-state index contributed by atoms with van der Waals surface area (Å²) in [6.07, 6.45) is 2.73. The molecule has 0 saturated heterocycles. The average Bonchev–Trinajstić information content (AvgIpc) is 3.87. The molecule has 0 radical (unpaired) electrons. The average molecular weight is 724 g/mol. The van der Waals surface area contributed by atoms with E-state index in [9.17, 15) is 4.39 Å². The summed E-state index contributed by atoms with van der Waals surface area (Å²) in [5.74, 6) is -0.254. The fraction of sp³-hybridized carbons (Fsp3) is 0.0385. The molecule has 11 rings (SSSR count). The molecule has 1 spiro atoms. The van der Waals surface area contributed by atoms with E-state index in [4.69, 9.17) is 0 Å². The number of hydrogen-bond acceptors (Lipinski definition) is 2. The Morgan fingerprint density at radius 3 is 1.89 bits per heavy atom. The van der Waals surface area contributed by atoms with Crippen LogP contribution in [0.25, 0.3) is 53.6 Å². The van der Waals surface area contributed by atoms with Crippen molar-refractivity contribution in [1.29, 1.82) is 0 Å². The second-order valence-electron chi connectivity index (χ2n) is 14.6. The minimum absolute atomic E-state index is 0.254. The van der Waals surface area contributed by atoms with Crippen LogP contribution < -0.4 is 4.90 Å². The lowest BCUT2D eigenvalue weighted by Crippen LogP contribution is -2.26. The van der Waals surface area contributed by atoms with Gasteiger partial charge in [-0.05, 0) is 111 Å². The molecular weight excluding hydrogens is 690 g/mol. The predicted molar refractivity (Wildman–Crippen MR) is 230 cm³/mol. The van der Waals surface area contributed by atoms with Gasteiger partial charge in [0.15, 0.2) is 0 Å². The lowest BCUT2D eigenvalue weighted by Gasteiger charge is -2.32. The normalized spacial score (nSPS) is 14.9. The van der Waals surface area contributed by atoms with Crippen molar-refractivity contribution in [3.8, 4) is 33.4 Å². The maximum Gasteiger partial charge on any atom is 0.123 e. The molecule has 1 unspecified atom stereocenters. The largest absolute Gasteiger partial charge is 0.310 e. The molecule has 0 amide bonds. The molecule has 2 aliphatic rings. The summed E-state index contributed by atoms with van der Waals surface area (Å²) < 4.78 is 17.0. The summed E-state index contributed by atoms with van der Waals surface area (Å²) >= 11 is 1.92. The van der Waals surface area contributed by atoms with Gasteiger partial charge in [0.25, 0.3) is 0 Å². The highest BCUT2D eigenvalue weighted by Gasteiger charge is 2.52. The zero-order valence-electron chi connectivity index (χ0n) is 30.0. The lowest BCUT2D eigenvalue weighted by atomic mass is 9.70. The third-order valence-corrected chi connectivity index (χ3v) is 13.0. The molecule has 9 aromatic rings. The summed E-state index contributed by atoms with van der Waals surface area (Å²) in [4.78, 5) is 2.25. The molecule has 0 bridgehead atoms. The van der Waals surface area contributed by atoms with E-state index < -0.39 is 5.41 Å². The van der Waals surface area contributed by atoms with Gasteiger partial charge in [0.2, 0.25) is 0 Å². The minimum atomic E-state index is -0.525. The first-order valence-corrected chi connectivity index (χ1v) is 19.6. The third kappa shape index (κ3) is 4.57. The van der Waals surface area contributed by atoms with Gasteiger partial charge >= 0.3 is 0 Å². The van der Waals surface area contributed by atoms with Gasteiger partial charge in [0, 0.05) is 42.8 Å². The molecule has 2 aliphatic carbocycles. The Morgan fingerprint density at radius 2 is 1.13 bits per heavy atom. The molecule has 55 heavy (non-hydrogen) atoms. The number of nitrogens with zero attached hydrogens (tertiary/aromatic N) is 1. The first-order chi connectivity index (χ1) is 27.1. The molecule has 0 aliphatic heterocycles. The van der Waals surface area contributed by atoms with Crippen molar-refractivity contribution in [2.75, 3.05) is 4.90 Å². The summed E-state index contributed by atoms with van der Waals surface area (Å²) in [5, 5.41) is 2.59. The van der Waals surface area contributed by atoms with Crippen LogP contribution >= 0.6 is 11.3 Å². The van der Waals surface area contributed by atoms with Crippen LogP contribution in [0.5, 0.6) is 0 Å². The maximum absolute atomic E-state index is 14.4. The Hall–Kier alpha value is -6.55. The molecular formula is C52H34FNS. The highest BCUT2D eigenvalue weighted by molar-refractivity contribution is 7.27. The Morgan fingerprint density at radius 1 is 0.509 bits per heavy atom. The van der Waals surface area contributed by atoms with Crippen LogP contribution in [-0.2, 0) is 11.8 Å². The maximum atomic E-state index is 14.4. The van der Waals surface area contributed by atoms with E-state index in [0.29, 0.717) is 0 Å². The van der Waals surface area contributed by atoms with Crippen molar-refractivity contribution in [2.24, 2.45) is 0 Å². The van der Waals surface area contributed by atoms with Gasteiger partial charge in [-0.1, -0.05) is 133 Å². The second kappa shape index (κ2) is 12.2. The Kier molecular flexibility index (Phi) is 7.11. The monoisotopic (exact) mass is 723 g/mol. The molecule has 260 valence electrons. The van der Waals surface area contributed by atoms with E-state index in [2.05, 4.69) is 163 Å². The van der Waals surface area contributed by atoms with Crippen LogP contribution in [0.3, 0.4) is 0 Å². The van der Waals surface area contributed by atoms with Crippen molar-refractivity contribution in [1.82, 2.24) is 0 Å². The number of fused-ring (bicyclic) bond motifs is 14. The molecule has 1 atom stereocenters. The standard InChI is InChI=1S/C52H34FNS/c1-2-11-33-20-24-36(25-21-33)54(37-26-22-35(53)23-27-37)38-28-29-41-40-14-6-8-18-45(40)52(48(41)32-38)46-19-9-7-15-44(46)49-47(52)31-30-43-42-17-10-16-39(50(42)55-51(43)49)34-12-4-3-5-13-34/h2-10,12-32H,1,11H2. The number of halogens is 1. The summed E-state index contributed by atoms with van der Waals surface area (Å²) in [5.41, 5.74) is 16.4. The van der Waals surface area contributed by atoms with Crippen LogP contribution in [0.2, 0.25) is 0 Å². The first kappa shape index (κ1) is 31.9. The summed E-state index contributed by atoms with van der Waals surface area (Å²) in [7, 11) is 0. The van der Waals surface area contributed by atoms with Gasteiger partial charge in [-0.2, -0.15) is 0 Å². The van der Waals surface area contributed by atoms with Crippen molar-refractivity contribution in [2.45, 2.75) is 11.8 Å². The number of thiophene rings is 1. The van der Waals surface area contributed by atoms with Crippen LogP contribution in [0.4, 0.5) is 21.5 Å². The molecule has 8 aromatic carbocycles. The second-order valence-corrected chi connectivity index (χ2v) is 15.6. The van der Waals surface area contributed by atoms with Crippen molar-refractivity contribution < 1.29 is 4.39 Å².